The summed E-state index contributed by atoms with van der Waals surface area (Å²) >= 11 is 0. The lowest BCUT2D eigenvalue weighted by Gasteiger charge is -2.21. The van der Waals surface area contributed by atoms with Gasteiger partial charge in [-0.25, -0.2) is 9.13 Å². The number of hydrogen-bond acceptors (Lipinski definition) is 13. The molecule has 0 radical (unpaired) electrons. The summed E-state index contributed by atoms with van der Waals surface area (Å²) < 4.78 is 47.9. The molecular weight excluding hydrogens is 870 g/mol. The number of ether oxygens (including phenoxy) is 2. The maximum Gasteiger partial charge on any atom is 0.472 e. The number of esters is 2. The van der Waals surface area contributed by atoms with Crippen molar-refractivity contribution in [1.29, 1.82) is 0 Å². The van der Waals surface area contributed by atoms with Gasteiger partial charge in [0.15, 0.2) is 6.10 Å². The van der Waals surface area contributed by atoms with Crippen LogP contribution in [0.3, 0.4) is 0 Å². The van der Waals surface area contributed by atoms with Gasteiger partial charge in [-0.3, -0.25) is 23.2 Å². The molecular formula is C46H82O16P2. The number of carbonyl (C=O) groups excluding carboxylic acids is 2. The number of allylic oxidation sites excluding steroid dienone is 6. The Bertz CT molecular complexity index is 1430. The van der Waals surface area contributed by atoms with Crippen molar-refractivity contribution >= 4 is 27.6 Å². The monoisotopic (exact) mass is 953 g/mol. The van der Waals surface area contributed by atoms with Gasteiger partial charge in [-0.1, -0.05) is 127 Å². The number of phosphoric ester groups is 2. The first kappa shape index (κ1) is 60.0. The quantitative estimate of drug-likeness (QED) is 0.0131. The molecule has 372 valence electrons. The van der Waals surface area contributed by atoms with Crippen molar-refractivity contribution in [2.75, 3.05) is 26.4 Å². The fourth-order valence-corrected chi connectivity index (χ4v) is 8.31. The number of aliphatic hydroxyl groups excluding tert-OH is 4. The summed E-state index contributed by atoms with van der Waals surface area (Å²) in [6.07, 6.45) is 30.2. The number of hydrogen-bond donors (Lipinski definition) is 7. The predicted molar refractivity (Wildman–Crippen MR) is 246 cm³/mol. The van der Waals surface area contributed by atoms with E-state index in [9.17, 15) is 44.0 Å². The highest BCUT2D eigenvalue weighted by atomic mass is 31.2. The van der Waals surface area contributed by atoms with Crippen LogP contribution in [0.5, 0.6) is 0 Å². The highest BCUT2D eigenvalue weighted by Gasteiger charge is 2.39. The van der Waals surface area contributed by atoms with Gasteiger partial charge in [-0.15, -0.1) is 0 Å². The van der Waals surface area contributed by atoms with Crippen molar-refractivity contribution < 1.29 is 76.9 Å². The Morgan fingerprint density at radius 1 is 0.641 bits per heavy atom. The van der Waals surface area contributed by atoms with E-state index >= 15 is 0 Å². The summed E-state index contributed by atoms with van der Waals surface area (Å²) in [4.78, 5) is 53.0. The first-order valence-electron chi connectivity index (χ1n) is 23.6. The number of phosphoric acid groups is 2. The van der Waals surface area contributed by atoms with Crippen LogP contribution in [0.25, 0.3) is 0 Å². The van der Waals surface area contributed by atoms with Crippen LogP contribution in [0.2, 0.25) is 0 Å². The minimum atomic E-state index is -4.90. The van der Waals surface area contributed by atoms with Crippen LogP contribution in [-0.2, 0) is 41.8 Å². The smallest absolute Gasteiger partial charge is 0.462 e. The lowest BCUT2D eigenvalue weighted by Crippen LogP contribution is -2.30. The van der Waals surface area contributed by atoms with E-state index in [0.717, 1.165) is 77.0 Å². The molecule has 1 rings (SSSR count). The minimum Gasteiger partial charge on any atom is -0.462 e. The lowest BCUT2D eigenvalue weighted by molar-refractivity contribution is -0.161. The van der Waals surface area contributed by atoms with Crippen molar-refractivity contribution in [1.82, 2.24) is 0 Å². The summed E-state index contributed by atoms with van der Waals surface area (Å²) in [6, 6.07) is 0. The first-order chi connectivity index (χ1) is 30.6. The van der Waals surface area contributed by atoms with Gasteiger partial charge in [0.2, 0.25) is 0 Å². The molecule has 1 fully saturated rings. The van der Waals surface area contributed by atoms with E-state index in [1.54, 1.807) is 6.08 Å². The topological polar surface area (TPSA) is 256 Å². The molecule has 1 aliphatic rings. The van der Waals surface area contributed by atoms with E-state index in [1.165, 1.54) is 19.3 Å². The lowest BCUT2D eigenvalue weighted by atomic mass is 9.88. The van der Waals surface area contributed by atoms with Crippen LogP contribution in [0.15, 0.2) is 48.6 Å². The SMILES string of the molecule is CCCCC/C=C\C/C=C\C/C=C\CCCCCCC(=O)O[C@H](COC(=O)CCCCCC[C@@H]1[C@@H](/C=C/[C@@H](O)CCCCC)[C@H](O)C[C@@H]1O)COP(=O)(O)OC[C@@H](O)COP(=O)(O)O. The summed E-state index contributed by atoms with van der Waals surface area (Å²) in [5.74, 6) is -1.56. The van der Waals surface area contributed by atoms with Crippen LogP contribution < -0.4 is 0 Å². The maximum absolute atomic E-state index is 12.7. The second-order valence-corrected chi connectivity index (χ2v) is 19.3. The zero-order valence-electron chi connectivity index (χ0n) is 38.5. The third-order valence-corrected chi connectivity index (χ3v) is 12.2. The van der Waals surface area contributed by atoms with Gasteiger partial charge < -0.3 is 44.6 Å². The van der Waals surface area contributed by atoms with Gasteiger partial charge in [-0.2, -0.15) is 0 Å². The van der Waals surface area contributed by atoms with E-state index < -0.39 is 84.5 Å². The van der Waals surface area contributed by atoms with E-state index in [1.807, 2.05) is 6.08 Å². The molecule has 7 N–H and O–H groups in total. The Kier molecular flexibility index (Phi) is 34.7. The first-order valence-corrected chi connectivity index (χ1v) is 26.6. The van der Waals surface area contributed by atoms with E-state index in [0.29, 0.717) is 32.1 Å². The average Bonchev–Trinajstić information content (AvgIpc) is 3.51. The molecule has 0 bridgehead atoms. The molecule has 64 heavy (non-hydrogen) atoms. The van der Waals surface area contributed by atoms with Crippen LogP contribution in [-0.4, -0.2) is 104 Å². The molecule has 0 spiro atoms. The Morgan fingerprint density at radius 2 is 1.19 bits per heavy atom. The van der Waals surface area contributed by atoms with E-state index in [4.69, 9.17) is 23.8 Å². The van der Waals surface area contributed by atoms with Gasteiger partial charge in [-0.05, 0) is 70.1 Å². The van der Waals surface area contributed by atoms with Crippen LogP contribution >= 0.6 is 15.6 Å². The van der Waals surface area contributed by atoms with Gasteiger partial charge >= 0.3 is 27.6 Å². The highest BCUT2D eigenvalue weighted by Crippen LogP contribution is 2.44. The Hall–Kier alpha value is -2.04. The molecule has 0 aliphatic heterocycles. The van der Waals surface area contributed by atoms with Crippen LogP contribution in [0, 0.1) is 11.8 Å². The standard InChI is InChI=1S/C46H82O16P2/c1-3-5-7-8-9-10-11-12-13-14-15-16-17-18-19-20-26-30-46(52)62-40(37-61-64(56,57)60-35-39(48)34-59-63(53,54)55)36-58-45(51)29-25-22-21-24-28-41-42(44(50)33-43(41)49)32-31-38(47)27-23-6-4-2/h9-10,12-13,15-16,31-32,38-44,47-50H,3-8,11,14,17-30,33-37H2,1-2H3,(H,56,57)(H2,53,54,55)/b10-9-,13-12-,16-15-,32-31+/t38-,39-,40+,41+,42+,43-,44+/m0/s1. The van der Waals surface area contributed by atoms with Crippen molar-refractivity contribution in [3.05, 3.63) is 48.6 Å². The van der Waals surface area contributed by atoms with Crippen molar-refractivity contribution in [3.63, 3.8) is 0 Å². The number of aliphatic hydroxyl groups is 4. The van der Waals surface area contributed by atoms with Gasteiger partial charge in [0.25, 0.3) is 0 Å². The molecule has 1 aliphatic carbocycles. The normalized spacial score (nSPS) is 20.7. The predicted octanol–water partition coefficient (Wildman–Crippen LogP) is 8.61. The summed E-state index contributed by atoms with van der Waals surface area (Å²) in [6.45, 7) is 1.37. The van der Waals surface area contributed by atoms with E-state index in [2.05, 4.69) is 59.4 Å². The summed E-state index contributed by atoms with van der Waals surface area (Å²) in [5, 5.41) is 41.2. The summed E-state index contributed by atoms with van der Waals surface area (Å²) in [5.41, 5.74) is 0. The van der Waals surface area contributed by atoms with Crippen LogP contribution in [0.4, 0.5) is 0 Å². The third kappa shape index (κ3) is 33.4. The Morgan fingerprint density at radius 3 is 1.83 bits per heavy atom. The highest BCUT2D eigenvalue weighted by molar-refractivity contribution is 7.47. The zero-order chi connectivity index (χ0) is 47.5. The molecule has 8 atom stereocenters. The largest absolute Gasteiger partial charge is 0.472 e. The molecule has 0 saturated heterocycles. The van der Waals surface area contributed by atoms with Gasteiger partial charge in [0.1, 0.15) is 12.7 Å². The van der Waals surface area contributed by atoms with Crippen LogP contribution in [0.1, 0.15) is 162 Å². The fourth-order valence-electron chi connectivity index (χ4n) is 7.16. The molecule has 0 heterocycles. The van der Waals surface area contributed by atoms with E-state index in [-0.39, 0.29) is 31.1 Å². The third-order valence-electron chi connectivity index (χ3n) is 10.8. The molecule has 16 nitrogen and oxygen atoms in total. The number of rotatable bonds is 40. The number of carbonyl (C=O) groups is 2. The zero-order valence-corrected chi connectivity index (χ0v) is 40.2. The Balaban J connectivity index is 2.53. The average molecular weight is 953 g/mol. The molecule has 0 aromatic carbocycles. The minimum absolute atomic E-state index is 0.0616. The summed E-state index contributed by atoms with van der Waals surface area (Å²) in [7, 11) is -9.77. The van der Waals surface area contributed by atoms with Crippen molar-refractivity contribution in [3.8, 4) is 0 Å². The fraction of sp³-hybridized carbons (Fsp3) is 0.783. The molecule has 1 unspecified atom stereocenters. The maximum atomic E-state index is 12.7. The molecule has 0 amide bonds. The second kappa shape index (κ2) is 37.0. The molecule has 18 heteroatoms. The van der Waals surface area contributed by atoms with Crippen molar-refractivity contribution in [2.24, 2.45) is 11.8 Å². The second-order valence-electron chi connectivity index (χ2n) is 16.6. The Labute approximate surface area is 382 Å². The van der Waals surface area contributed by atoms with Crippen molar-refractivity contribution in [2.45, 2.75) is 192 Å². The van der Waals surface area contributed by atoms with Gasteiger partial charge in [0.05, 0.1) is 38.1 Å². The molecule has 0 aromatic rings. The molecule has 1 saturated carbocycles. The van der Waals surface area contributed by atoms with Gasteiger partial charge in [0, 0.05) is 25.2 Å². The number of unbranched alkanes of at least 4 members (excludes halogenated alkanes) is 12. The molecule has 0 aromatic heterocycles.